The Balaban J connectivity index is 1.68. The van der Waals surface area contributed by atoms with Crippen LogP contribution in [0.25, 0.3) is 0 Å². The van der Waals surface area contributed by atoms with Crippen LogP contribution in [0.5, 0.6) is 0 Å². The highest BCUT2D eigenvalue weighted by molar-refractivity contribution is 4.91. The summed E-state index contributed by atoms with van der Waals surface area (Å²) in [5.41, 5.74) is -0.363. The summed E-state index contributed by atoms with van der Waals surface area (Å²) in [6, 6.07) is 0. The molecule has 0 spiro atoms. The molecule has 3 nitrogen and oxygen atoms in total. The summed E-state index contributed by atoms with van der Waals surface area (Å²) in [6.07, 6.45) is 5.72. The van der Waals surface area contributed by atoms with Gasteiger partial charge in [0.2, 0.25) is 0 Å². The molecule has 2 aliphatic carbocycles. The smallest absolute Gasteiger partial charge is 0.0518 e. The van der Waals surface area contributed by atoms with Crippen LogP contribution < -0.4 is 5.32 Å². The summed E-state index contributed by atoms with van der Waals surface area (Å²) < 4.78 is 0. The second-order valence-electron chi connectivity index (χ2n) is 6.19. The molecule has 2 rings (SSSR count). The number of rotatable bonds is 6. The lowest BCUT2D eigenvalue weighted by molar-refractivity contribution is 0.0683. The van der Waals surface area contributed by atoms with Crippen molar-refractivity contribution in [3.63, 3.8) is 0 Å². The van der Waals surface area contributed by atoms with Gasteiger partial charge in [-0.3, -0.25) is 0 Å². The van der Waals surface area contributed by atoms with E-state index in [1.807, 2.05) is 6.92 Å². The molecule has 2 aliphatic rings. The topological polar surface area (TPSA) is 52.5 Å². The first-order chi connectivity index (χ1) is 7.67. The SMILES string of the molecule is CC(CO)(CO)CNCC1CC2CCC1C2. The van der Waals surface area contributed by atoms with Gasteiger partial charge >= 0.3 is 0 Å². The van der Waals surface area contributed by atoms with Crippen LogP contribution in [0.2, 0.25) is 0 Å². The van der Waals surface area contributed by atoms with Gasteiger partial charge in [-0.1, -0.05) is 13.3 Å². The number of nitrogens with one attached hydrogen (secondary N) is 1. The first-order valence-corrected chi connectivity index (χ1v) is 6.59. The predicted octanol–water partition coefficient (Wildman–Crippen LogP) is 1.00. The van der Waals surface area contributed by atoms with Gasteiger partial charge in [0.25, 0.3) is 0 Å². The molecule has 3 N–H and O–H groups in total. The molecule has 3 atom stereocenters. The second-order valence-corrected chi connectivity index (χ2v) is 6.19. The van der Waals surface area contributed by atoms with Crippen LogP contribution in [0.4, 0.5) is 0 Å². The summed E-state index contributed by atoms with van der Waals surface area (Å²) in [7, 11) is 0. The zero-order valence-corrected chi connectivity index (χ0v) is 10.3. The Morgan fingerprint density at radius 1 is 1.19 bits per heavy atom. The Morgan fingerprint density at radius 3 is 2.44 bits per heavy atom. The Hall–Kier alpha value is -0.120. The van der Waals surface area contributed by atoms with Crippen molar-refractivity contribution < 1.29 is 10.2 Å². The van der Waals surface area contributed by atoms with Crippen molar-refractivity contribution in [2.75, 3.05) is 26.3 Å². The fourth-order valence-electron chi connectivity index (χ4n) is 3.35. The maximum absolute atomic E-state index is 9.18. The molecule has 3 heteroatoms. The van der Waals surface area contributed by atoms with E-state index in [1.165, 1.54) is 25.7 Å². The van der Waals surface area contributed by atoms with Gasteiger partial charge in [-0.25, -0.2) is 0 Å². The van der Waals surface area contributed by atoms with E-state index in [2.05, 4.69) is 5.32 Å². The van der Waals surface area contributed by atoms with Gasteiger partial charge in [0.15, 0.2) is 0 Å². The number of aliphatic hydroxyl groups is 2. The van der Waals surface area contributed by atoms with Crippen molar-refractivity contribution in [3.05, 3.63) is 0 Å². The van der Waals surface area contributed by atoms with E-state index in [0.717, 1.165) is 24.3 Å². The minimum absolute atomic E-state index is 0.0488. The molecule has 0 radical (unpaired) electrons. The Kier molecular flexibility index (Phi) is 3.88. The zero-order valence-electron chi connectivity index (χ0n) is 10.3. The van der Waals surface area contributed by atoms with Gasteiger partial charge < -0.3 is 15.5 Å². The standard InChI is InChI=1S/C13H25NO2/c1-13(8-15,9-16)7-14-6-12-5-10-2-3-11(12)4-10/h10-12,14-16H,2-9H2,1H3. The van der Waals surface area contributed by atoms with Gasteiger partial charge in [-0.05, 0) is 43.6 Å². The minimum Gasteiger partial charge on any atom is -0.396 e. The van der Waals surface area contributed by atoms with E-state index in [4.69, 9.17) is 0 Å². The van der Waals surface area contributed by atoms with Crippen LogP contribution in [-0.2, 0) is 0 Å². The molecule has 0 aromatic rings. The molecule has 16 heavy (non-hydrogen) atoms. The summed E-state index contributed by atoms with van der Waals surface area (Å²) in [6.45, 7) is 3.80. The van der Waals surface area contributed by atoms with E-state index in [1.54, 1.807) is 0 Å². The van der Waals surface area contributed by atoms with Crippen molar-refractivity contribution in [2.45, 2.75) is 32.6 Å². The Morgan fingerprint density at radius 2 is 1.94 bits per heavy atom. The maximum atomic E-state index is 9.18. The summed E-state index contributed by atoms with van der Waals surface area (Å²) in [5, 5.41) is 21.8. The molecule has 0 aromatic carbocycles. The fraction of sp³-hybridized carbons (Fsp3) is 1.00. The first-order valence-electron chi connectivity index (χ1n) is 6.59. The van der Waals surface area contributed by atoms with E-state index < -0.39 is 0 Å². The third-order valence-electron chi connectivity index (χ3n) is 4.61. The van der Waals surface area contributed by atoms with E-state index >= 15 is 0 Å². The van der Waals surface area contributed by atoms with Crippen molar-refractivity contribution in [1.82, 2.24) is 5.32 Å². The predicted molar refractivity (Wildman–Crippen MR) is 64.1 cm³/mol. The quantitative estimate of drug-likeness (QED) is 0.634. The van der Waals surface area contributed by atoms with Gasteiger partial charge in [0.1, 0.15) is 0 Å². The number of hydrogen-bond donors (Lipinski definition) is 3. The average Bonchev–Trinajstić information content (AvgIpc) is 2.91. The van der Waals surface area contributed by atoms with Crippen molar-refractivity contribution >= 4 is 0 Å². The molecule has 2 saturated carbocycles. The van der Waals surface area contributed by atoms with Gasteiger partial charge in [-0.15, -0.1) is 0 Å². The van der Waals surface area contributed by atoms with Crippen LogP contribution in [0, 0.1) is 23.2 Å². The van der Waals surface area contributed by atoms with Crippen LogP contribution in [-0.4, -0.2) is 36.5 Å². The minimum atomic E-state index is -0.363. The lowest BCUT2D eigenvalue weighted by Gasteiger charge is -2.27. The molecular formula is C13H25NO2. The van der Waals surface area contributed by atoms with Gasteiger partial charge in [-0.2, -0.15) is 0 Å². The third-order valence-corrected chi connectivity index (χ3v) is 4.61. The number of hydrogen-bond acceptors (Lipinski definition) is 3. The van der Waals surface area contributed by atoms with Gasteiger partial charge in [0, 0.05) is 12.0 Å². The highest BCUT2D eigenvalue weighted by Gasteiger charge is 2.39. The molecule has 3 unspecified atom stereocenters. The first kappa shape index (κ1) is 12.3. The Labute approximate surface area is 98.2 Å². The molecule has 0 heterocycles. The van der Waals surface area contributed by atoms with Crippen LogP contribution in [0.1, 0.15) is 32.6 Å². The normalized spacial score (nSPS) is 33.6. The van der Waals surface area contributed by atoms with Gasteiger partial charge in [0.05, 0.1) is 13.2 Å². The number of fused-ring (bicyclic) bond motifs is 2. The summed E-state index contributed by atoms with van der Waals surface area (Å²) in [5.74, 6) is 2.80. The highest BCUT2D eigenvalue weighted by Crippen LogP contribution is 2.47. The van der Waals surface area contributed by atoms with E-state index in [-0.39, 0.29) is 18.6 Å². The van der Waals surface area contributed by atoms with E-state index in [9.17, 15) is 10.2 Å². The third kappa shape index (κ3) is 2.58. The molecule has 2 fully saturated rings. The lowest BCUT2D eigenvalue weighted by Crippen LogP contribution is -2.40. The number of aliphatic hydroxyl groups excluding tert-OH is 2. The van der Waals surface area contributed by atoms with E-state index in [0.29, 0.717) is 6.54 Å². The average molecular weight is 227 g/mol. The Bertz CT molecular complexity index is 228. The monoisotopic (exact) mass is 227 g/mol. The lowest BCUT2D eigenvalue weighted by atomic mass is 9.88. The van der Waals surface area contributed by atoms with Crippen LogP contribution in [0.15, 0.2) is 0 Å². The largest absolute Gasteiger partial charge is 0.396 e. The van der Waals surface area contributed by atoms with Crippen LogP contribution >= 0.6 is 0 Å². The van der Waals surface area contributed by atoms with Crippen molar-refractivity contribution in [1.29, 1.82) is 0 Å². The molecule has 0 aromatic heterocycles. The second kappa shape index (κ2) is 5.03. The summed E-state index contributed by atoms with van der Waals surface area (Å²) in [4.78, 5) is 0. The molecule has 0 aliphatic heterocycles. The fourth-order valence-corrected chi connectivity index (χ4v) is 3.35. The maximum Gasteiger partial charge on any atom is 0.0518 e. The summed E-state index contributed by atoms with van der Waals surface area (Å²) >= 11 is 0. The highest BCUT2D eigenvalue weighted by atomic mass is 16.3. The molecule has 94 valence electrons. The molecule has 0 saturated heterocycles. The van der Waals surface area contributed by atoms with Crippen molar-refractivity contribution in [2.24, 2.45) is 23.2 Å². The molecular weight excluding hydrogens is 202 g/mol. The van der Waals surface area contributed by atoms with Crippen molar-refractivity contribution in [3.8, 4) is 0 Å². The molecule has 2 bridgehead atoms. The zero-order chi connectivity index (χ0) is 11.6. The molecule has 0 amide bonds. The van der Waals surface area contributed by atoms with Crippen LogP contribution in [0.3, 0.4) is 0 Å².